The third-order valence-corrected chi connectivity index (χ3v) is 14.6. The van der Waals surface area contributed by atoms with E-state index in [9.17, 15) is 20.1 Å². The van der Waals surface area contributed by atoms with Crippen LogP contribution in [0.5, 0.6) is 0 Å². The zero-order valence-corrected chi connectivity index (χ0v) is 39.3. The predicted octanol–water partition coefficient (Wildman–Crippen LogP) is 5.00. The van der Waals surface area contributed by atoms with Crippen molar-refractivity contribution in [1.29, 1.82) is 0 Å². The number of hydrogen-bond donors (Lipinski definition) is 3. The zero-order chi connectivity index (χ0) is 46.1. The molecular weight excluding hydrogens is 829 g/mol. The van der Waals surface area contributed by atoms with Crippen molar-refractivity contribution in [2.75, 3.05) is 34.5 Å². The third-order valence-electron chi connectivity index (χ3n) is 14.6. The molecule has 0 saturated carbocycles. The van der Waals surface area contributed by atoms with Gasteiger partial charge in [-0.05, 0) is 69.2 Å². The van der Waals surface area contributed by atoms with Crippen molar-refractivity contribution in [1.82, 2.24) is 0 Å². The molecule has 20 atom stereocenters. The number of carbonyl (C=O) groups is 1. The maximum atomic E-state index is 14.4. The number of hydrogen-bond acceptors (Lipinski definition) is 15. The molecule has 0 radical (unpaired) electrons. The highest BCUT2D eigenvalue weighted by Gasteiger charge is 2.60. The molecule has 6 aliphatic heterocycles. The van der Waals surface area contributed by atoms with Gasteiger partial charge in [0.15, 0.2) is 18.4 Å². The lowest BCUT2D eigenvalue weighted by atomic mass is 9.71. The lowest BCUT2D eigenvalue weighted by molar-refractivity contribution is -0.318. The molecule has 15 heteroatoms. The van der Waals surface area contributed by atoms with E-state index in [1.54, 1.807) is 47.3 Å². The maximum Gasteiger partial charge on any atom is 0.316 e. The summed E-state index contributed by atoms with van der Waals surface area (Å²) >= 11 is 0. The van der Waals surface area contributed by atoms with Crippen molar-refractivity contribution in [3.05, 3.63) is 59.3 Å². The standard InChI is InChI=1S/C49H74O15/c1-26-12-11-13-33-25-57-46-41(50)30(5)20-36(49(33,46)53)47(52)60-35-21-34(63-48(24-35)18-16-28(3)44(64-48)29(4)17-19-54-8)15-14-27(2)43(26)61-40-23-38(56-10)45(32(7)59-40)62-39-22-37(55-9)42(51)31(6)58-39/h11-14,16,18,20,26,28-29,31-32,34-46,50-51,53H,15,17,19,21-25H2,1-10H3/b12-11-,27-14-,33-13?/t26-,28-,29?,31-,32-,34+,35-,36-,37-,38-,39-,40-,41+,42-,43-,44?,45-,46+,48+,49+/m0/s1. The Kier molecular flexibility index (Phi) is 16.2. The molecule has 2 bridgehead atoms. The van der Waals surface area contributed by atoms with Crippen LogP contribution in [-0.2, 0) is 56.9 Å². The first kappa shape index (κ1) is 49.6. The number of carbonyl (C=O) groups excluding carboxylic acids is 1. The van der Waals surface area contributed by atoms with Crippen LogP contribution in [0.4, 0.5) is 0 Å². The van der Waals surface area contributed by atoms with Crippen LogP contribution in [0.15, 0.2) is 59.3 Å². The number of ether oxygens (including phenoxy) is 11. The van der Waals surface area contributed by atoms with Gasteiger partial charge >= 0.3 is 5.97 Å². The van der Waals surface area contributed by atoms with Crippen LogP contribution in [0.2, 0.25) is 0 Å². The van der Waals surface area contributed by atoms with E-state index in [-0.39, 0.29) is 36.9 Å². The largest absolute Gasteiger partial charge is 0.462 e. The Morgan fingerprint density at radius 1 is 0.875 bits per heavy atom. The first-order valence-corrected chi connectivity index (χ1v) is 23.3. The number of esters is 1. The van der Waals surface area contributed by atoms with Gasteiger partial charge in [-0.25, -0.2) is 0 Å². The quantitative estimate of drug-likeness (QED) is 0.197. The topological polar surface area (TPSA) is 179 Å². The van der Waals surface area contributed by atoms with Gasteiger partial charge in [-0.1, -0.05) is 57.2 Å². The normalized spacial score (nSPS) is 47.2. The number of allylic oxidation sites excluding steroid dienone is 2. The van der Waals surface area contributed by atoms with Crippen molar-refractivity contribution < 1.29 is 72.2 Å². The summed E-state index contributed by atoms with van der Waals surface area (Å²) in [5.74, 6) is -2.81. The summed E-state index contributed by atoms with van der Waals surface area (Å²) in [7, 11) is 4.91. The van der Waals surface area contributed by atoms with Crippen LogP contribution in [0, 0.1) is 23.7 Å². The first-order valence-electron chi connectivity index (χ1n) is 23.3. The number of aliphatic hydroxyl groups is 3. The number of aliphatic hydroxyl groups excluding tert-OH is 2. The highest BCUT2D eigenvalue weighted by atomic mass is 16.7. The molecule has 64 heavy (non-hydrogen) atoms. The Labute approximate surface area is 379 Å². The van der Waals surface area contributed by atoms with Crippen molar-refractivity contribution in [2.24, 2.45) is 23.7 Å². The summed E-state index contributed by atoms with van der Waals surface area (Å²) in [6.07, 6.45) is 8.08. The molecule has 6 heterocycles. The molecule has 0 aromatic carbocycles. The monoisotopic (exact) mass is 903 g/mol. The zero-order valence-electron chi connectivity index (χ0n) is 39.3. The van der Waals surface area contributed by atoms with Gasteiger partial charge < -0.3 is 67.4 Å². The smallest absolute Gasteiger partial charge is 0.316 e. The van der Waals surface area contributed by atoms with Crippen LogP contribution < -0.4 is 0 Å². The SMILES string of the molecule is COCCC(C)C1O[C@]2(C=C[C@@H]1C)C[C@@H]1C[C@@H](C/C=C(/C)[C@@H](O[C@H]3C[C@H](OC)[C@@H](O[C@H]4C[C@H](OC)[C@@H](O)[C@H](C)O4)[C@H](C)O3)[C@@H](C)/C=C\C=C3CO[C@@H]4[C@H](O)C(C)=C[C@@H](C(=O)O1)[C@]34O)O2. The second-order valence-corrected chi connectivity index (χ2v) is 19.3. The molecule has 15 nitrogen and oxygen atoms in total. The highest BCUT2D eigenvalue weighted by molar-refractivity contribution is 5.78. The Morgan fingerprint density at radius 3 is 2.33 bits per heavy atom. The van der Waals surface area contributed by atoms with E-state index in [2.05, 4.69) is 32.9 Å². The van der Waals surface area contributed by atoms with E-state index in [0.29, 0.717) is 43.4 Å². The summed E-state index contributed by atoms with van der Waals surface area (Å²) in [6, 6.07) is 0. The Hall–Kier alpha value is -2.35. The molecule has 360 valence electrons. The molecular formula is C49H74O15. The fourth-order valence-electron chi connectivity index (χ4n) is 10.8. The summed E-state index contributed by atoms with van der Waals surface area (Å²) < 4.78 is 69.2. The van der Waals surface area contributed by atoms with Gasteiger partial charge in [-0.15, -0.1) is 0 Å². The lowest BCUT2D eigenvalue weighted by Gasteiger charge is -2.48. The van der Waals surface area contributed by atoms with E-state index in [1.165, 1.54) is 0 Å². The average Bonchev–Trinajstić information content (AvgIpc) is 3.60. The van der Waals surface area contributed by atoms with Gasteiger partial charge in [0.2, 0.25) is 0 Å². The fourth-order valence-corrected chi connectivity index (χ4v) is 10.8. The molecule has 1 spiro atoms. The second-order valence-electron chi connectivity index (χ2n) is 19.3. The molecule has 0 aromatic heterocycles. The van der Waals surface area contributed by atoms with Gasteiger partial charge in [-0.2, -0.15) is 0 Å². The number of rotatable bonds is 10. The maximum absolute atomic E-state index is 14.4. The molecule has 4 fully saturated rings. The summed E-state index contributed by atoms with van der Waals surface area (Å²) in [5.41, 5.74) is 0.0937. The Balaban J connectivity index is 1.18. The van der Waals surface area contributed by atoms with Crippen molar-refractivity contribution in [3.8, 4) is 0 Å². The van der Waals surface area contributed by atoms with E-state index < -0.39 is 103 Å². The van der Waals surface area contributed by atoms with E-state index in [4.69, 9.17) is 52.1 Å². The molecule has 4 saturated heterocycles. The van der Waals surface area contributed by atoms with Crippen LogP contribution in [-0.4, -0.2) is 153 Å². The molecule has 3 N–H and O–H groups in total. The van der Waals surface area contributed by atoms with Crippen LogP contribution >= 0.6 is 0 Å². The van der Waals surface area contributed by atoms with E-state index in [1.807, 2.05) is 32.1 Å². The van der Waals surface area contributed by atoms with E-state index >= 15 is 0 Å². The van der Waals surface area contributed by atoms with Gasteiger partial charge in [0.05, 0.1) is 49.3 Å². The van der Waals surface area contributed by atoms with E-state index in [0.717, 1.165) is 12.0 Å². The van der Waals surface area contributed by atoms with Crippen molar-refractivity contribution in [3.63, 3.8) is 0 Å². The fraction of sp³-hybridized carbons (Fsp3) is 0.776. The lowest BCUT2D eigenvalue weighted by Crippen LogP contribution is -2.58. The molecule has 0 amide bonds. The van der Waals surface area contributed by atoms with Crippen LogP contribution in [0.1, 0.15) is 87.0 Å². The number of fused-ring (bicyclic) bond motifs is 2. The minimum atomic E-state index is -1.85. The molecule has 7 rings (SSSR count). The predicted molar refractivity (Wildman–Crippen MR) is 234 cm³/mol. The second kappa shape index (κ2) is 20.9. The van der Waals surface area contributed by atoms with Gasteiger partial charge in [0.25, 0.3) is 0 Å². The summed E-state index contributed by atoms with van der Waals surface area (Å²) in [4.78, 5) is 14.4. The minimum absolute atomic E-state index is 0.0234. The van der Waals surface area contributed by atoms with Crippen molar-refractivity contribution in [2.45, 2.75) is 184 Å². The Morgan fingerprint density at radius 2 is 1.59 bits per heavy atom. The molecule has 7 aliphatic rings. The summed E-state index contributed by atoms with van der Waals surface area (Å²) in [5, 5.41) is 34.3. The van der Waals surface area contributed by atoms with Crippen LogP contribution in [0.3, 0.4) is 0 Å². The van der Waals surface area contributed by atoms with Crippen molar-refractivity contribution >= 4 is 5.97 Å². The summed E-state index contributed by atoms with van der Waals surface area (Å²) in [6.45, 7) is 14.5. The van der Waals surface area contributed by atoms with Gasteiger partial charge in [0.1, 0.15) is 42.0 Å². The molecule has 1 aliphatic carbocycles. The van der Waals surface area contributed by atoms with Gasteiger partial charge in [-0.3, -0.25) is 4.79 Å². The third kappa shape index (κ3) is 10.4. The Bertz CT molecular complexity index is 1760. The molecule has 0 aromatic rings. The van der Waals surface area contributed by atoms with Gasteiger partial charge in [0, 0.05) is 65.5 Å². The number of methoxy groups -OCH3 is 3. The van der Waals surface area contributed by atoms with Crippen LogP contribution in [0.25, 0.3) is 0 Å². The minimum Gasteiger partial charge on any atom is -0.462 e. The highest BCUT2D eigenvalue weighted by Crippen LogP contribution is 2.47. The average molecular weight is 903 g/mol. The molecule has 2 unspecified atom stereocenters. The first-order chi connectivity index (χ1) is 30.5.